The molecule has 9 heteroatoms. The van der Waals surface area contributed by atoms with E-state index >= 15 is 0 Å². The Kier molecular flexibility index (Phi) is 6.13. The smallest absolute Gasteiger partial charge is 0.303 e. The number of carbonyl (C=O) groups excluding carboxylic acids is 3. The highest BCUT2D eigenvalue weighted by Crippen LogP contribution is 2.39. The molecule has 3 aliphatic rings. The molecule has 1 fully saturated rings. The van der Waals surface area contributed by atoms with Gasteiger partial charge in [-0.2, -0.15) is 0 Å². The van der Waals surface area contributed by atoms with Gasteiger partial charge in [0.05, 0.1) is 6.26 Å². The van der Waals surface area contributed by atoms with Gasteiger partial charge in [-0.3, -0.25) is 14.4 Å². The van der Waals surface area contributed by atoms with Crippen molar-refractivity contribution in [3.63, 3.8) is 0 Å². The van der Waals surface area contributed by atoms with Gasteiger partial charge < -0.3 is 23.4 Å². The number of carbonyl (C=O) groups is 3. The summed E-state index contributed by atoms with van der Waals surface area (Å²) in [6, 6.07) is 7.23. The summed E-state index contributed by atoms with van der Waals surface area (Å²) in [4.78, 5) is 34.7. The molecule has 150 valence electrons. The first kappa shape index (κ1) is 20.1. The Morgan fingerprint density at radius 1 is 0.964 bits per heavy atom. The molecule has 1 aliphatic carbocycles. The molecule has 0 radical (unpaired) electrons. The lowest BCUT2D eigenvalue weighted by Crippen LogP contribution is -2.55. The van der Waals surface area contributed by atoms with E-state index in [1.165, 1.54) is 38.8 Å². The normalized spacial score (nSPS) is 24.4. The fourth-order valence-corrected chi connectivity index (χ4v) is 4.20. The number of esters is 3. The highest BCUT2D eigenvalue weighted by molar-refractivity contribution is 7.99. The lowest BCUT2D eigenvalue weighted by atomic mass is 10.1. The minimum Gasteiger partial charge on any atom is -0.472 e. The van der Waals surface area contributed by atoms with E-state index in [4.69, 9.17) is 23.4 Å². The van der Waals surface area contributed by atoms with Gasteiger partial charge in [-0.25, -0.2) is 0 Å². The second kappa shape index (κ2) is 8.55. The number of thioether (sulfide) groups is 1. The molecule has 0 saturated carbocycles. The van der Waals surface area contributed by atoms with Gasteiger partial charge in [0, 0.05) is 32.1 Å². The van der Waals surface area contributed by atoms with Gasteiger partial charge >= 0.3 is 17.9 Å². The highest BCUT2D eigenvalue weighted by Gasteiger charge is 2.48. The zero-order valence-corrected chi connectivity index (χ0v) is 16.4. The number of ether oxygens (including phenoxy) is 4. The van der Waals surface area contributed by atoms with Crippen molar-refractivity contribution in [3.05, 3.63) is 30.5 Å². The summed E-state index contributed by atoms with van der Waals surface area (Å²) < 4.78 is 27.6. The minimum atomic E-state index is -0.991. The zero-order chi connectivity index (χ0) is 20.3. The van der Waals surface area contributed by atoms with Crippen molar-refractivity contribution in [2.24, 2.45) is 0 Å². The van der Waals surface area contributed by atoms with Crippen LogP contribution in [0.15, 0.2) is 34.9 Å². The van der Waals surface area contributed by atoms with Gasteiger partial charge in [0.2, 0.25) is 0 Å². The number of hydrogen-bond acceptors (Lipinski definition) is 9. The van der Waals surface area contributed by atoms with Gasteiger partial charge in [0.15, 0.2) is 35.3 Å². The summed E-state index contributed by atoms with van der Waals surface area (Å²) in [5.74, 6) is -0.357. The quantitative estimate of drug-likeness (QED) is 0.546. The van der Waals surface area contributed by atoms with Crippen LogP contribution in [0.25, 0.3) is 11.3 Å². The molecule has 0 aromatic carbocycles. The topological polar surface area (TPSA) is 101 Å². The Bertz CT molecular complexity index is 831. The van der Waals surface area contributed by atoms with Gasteiger partial charge in [0.25, 0.3) is 0 Å². The maximum absolute atomic E-state index is 11.7. The van der Waals surface area contributed by atoms with E-state index in [1.807, 2.05) is 12.1 Å². The van der Waals surface area contributed by atoms with E-state index in [-0.39, 0.29) is 0 Å². The third-order valence-electron chi connectivity index (χ3n) is 3.99. The standard InChI is InChI=1S/C19H20O8S/c1-10(20)24-15-9-28-19(18(26-12(3)22)17(15)25-11(2)21)27-14-7-6-13-5-4-8-23-16(13)14/h4-8,15,17-19H,9H2,1-3H3/t15-,17+,18-,19+/m1/s1. The van der Waals surface area contributed by atoms with Gasteiger partial charge in [-0.1, -0.05) is 0 Å². The Hall–Kier alpha value is -2.68. The van der Waals surface area contributed by atoms with Crippen LogP contribution < -0.4 is 4.74 Å². The number of rotatable bonds is 5. The summed E-state index contributed by atoms with van der Waals surface area (Å²) in [6.45, 7) is 3.74. The second-order valence-corrected chi connectivity index (χ2v) is 7.34. The van der Waals surface area contributed by atoms with Crippen LogP contribution >= 0.6 is 11.8 Å². The van der Waals surface area contributed by atoms with Crippen molar-refractivity contribution in [1.82, 2.24) is 0 Å². The van der Waals surface area contributed by atoms with Crippen LogP contribution in [0.4, 0.5) is 0 Å². The van der Waals surface area contributed by atoms with Crippen molar-refractivity contribution < 1.29 is 37.7 Å². The molecular formula is C19H20O8S. The van der Waals surface area contributed by atoms with Crippen LogP contribution in [-0.2, 0) is 28.6 Å². The Labute approximate surface area is 165 Å². The lowest BCUT2D eigenvalue weighted by molar-refractivity contribution is -0.186. The monoisotopic (exact) mass is 408 g/mol. The van der Waals surface area contributed by atoms with E-state index < -0.39 is 41.7 Å². The SMILES string of the molecule is CC(=O)O[C@@H]1[C@@H](OC(C)=O)[C@@H](Oc2ccc3cccoc2-3)SC[C@H]1OC(C)=O. The lowest BCUT2D eigenvalue weighted by Gasteiger charge is -2.39. The van der Waals surface area contributed by atoms with Gasteiger partial charge in [0.1, 0.15) is 0 Å². The molecule has 3 rings (SSSR count). The average Bonchev–Trinajstić information content (AvgIpc) is 3.02. The molecule has 28 heavy (non-hydrogen) atoms. The van der Waals surface area contributed by atoms with Crippen molar-refractivity contribution >= 4 is 29.7 Å². The second-order valence-electron chi connectivity index (χ2n) is 6.21. The van der Waals surface area contributed by atoms with Crippen LogP contribution in [-0.4, -0.2) is 47.4 Å². The molecule has 0 unspecified atom stereocenters. The summed E-state index contributed by atoms with van der Waals surface area (Å²) in [5, 5.41) is 0. The maximum Gasteiger partial charge on any atom is 0.303 e. The summed E-state index contributed by atoms with van der Waals surface area (Å²) in [7, 11) is 0. The first-order valence-electron chi connectivity index (χ1n) is 8.61. The van der Waals surface area contributed by atoms with E-state index in [2.05, 4.69) is 0 Å². The molecule has 0 amide bonds. The molecule has 4 atom stereocenters. The van der Waals surface area contributed by atoms with Crippen LogP contribution in [0.1, 0.15) is 20.8 Å². The first-order chi connectivity index (χ1) is 13.3. The fraction of sp³-hybridized carbons (Fsp3) is 0.421. The van der Waals surface area contributed by atoms with Gasteiger partial charge in [-0.05, 0) is 24.3 Å². The molecule has 2 aliphatic heterocycles. The Morgan fingerprint density at radius 3 is 2.32 bits per heavy atom. The van der Waals surface area contributed by atoms with E-state index in [1.54, 1.807) is 12.1 Å². The third-order valence-corrected chi connectivity index (χ3v) is 5.20. The van der Waals surface area contributed by atoms with Gasteiger partial charge in [-0.15, -0.1) is 11.8 Å². The molecular weight excluding hydrogens is 388 g/mol. The molecule has 0 bridgehead atoms. The average molecular weight is 408 g/mol. The predicted molar refractivity (Wildman–Crippen MR) is 98.9 cm³/mol. The summed E-state index contributed by atoms with van der Waals surface area (Å²) >= 11 is 1.29. The summed E-state index contributed by atoms with van der Waals surface area (Å²) in [6.07, 6.45) is -1.20. The zero-order valence-electron chi connectivity index (χ0n) is 15.6. The third kappa shape index (κ3) is 4.59. The van der Waals surface area contributed by atoms with Crippen LogP contribution in [0.5, 0.6) is 5.75 Å². The molecule has 0 aromatic heterocycles. The van der Waals surface area contributed by atoms with Crippen LogP contribution in [0, 0.1) is 0 Å². The van der Waals surface area contributed by atoms with Crippen molar-refractivity contribution in [2.45, 2.75) is 44.5 Å². The number of fused-ring (bicyclic) bond motifs is 1. The van der Waals surface area contributed by atoms with E-state index in [0.717, 1.165) is 5.56 Å². The summed E-state index contributed by atoms with van der Waals surface area (Å²) in [5.41, 5.74) is 0.165. The molecule has 0 spiro atoms. The maximum atomic E-state index is 11.7. The molecule has 2 heterocycles. The van der Waals surface area contributed by atoms with Crippen LogP contribution in [0.3, 0.4) is 0 Å². The molecule has 0 N–H and O–H groups in total. The number of hydrogen-bond donors (Lipinski definition) is 0. The van der Waals surface area contributed by atoms with Crippen molar-refractivity contribution in [2.75, 3.05) is 5.75 Å². The molecule has 0 aromatic rings. The van der Waals surface area contributed by atoms with Crippen molar-refractivity contribution in [1.29, 1.82) is 0 Å². The highest BCUT2D eigenvalue weighted by atomic mass is 32.2. The van der Waals surface area contributed by atoms with E-state index in [0.29, 0.717) is 17.3 Å². The molecule has 8 nitrogen and oxygen atoms in total. The Balaban J connectivity index is 1.87. The largest absolute Gasteiger partial charge is 0.472 e. The van der Waals surface area contributed by atoms with E-state index in [9.17, 15) is 14.4 Å². The Morgan fingerprint density at radius 2 is 1.64 bits per heavy atom. The van der Waals surface area contributed by atoms with Crippen molar-refractivity contribution in [3.8, 4) is 17.1 Å². The molecule has 1 saturated heterocycles. The van der Waals surface area contributed by atoms with Crippen LogP contribution in [0.2, 0.25) is 0 Å². The predicted octanol–water partition coefficient (Wildman–Crippen LogP) is 2.63. The fourth-order valence-electron chi connectivity index (χ4n) is 2.99. The first-order valence-corrected chi connectivity index (χ1v) is 9.66. The minimum absolute atomic E-state index is 0.301.